The Balaban J connectivity index is 1.73. The molecule has 0 saturated carbocycles. The molecule has 2 unspecified atom stereocenters. The van der Waals surface area contributed by atoms with E-state index in [1.807, 2.05) is 24.3 Å². The zero-order valence-electron chi connectivity index (χ0n) is 15.2. The molecule has 134 valence electrons. The molecular formula is C22H30N2O. The second-order valence-electron chi connectivity index (χ2n) is 7.01. The van der Waals surface area contributed by atoms with Crippen LogP contribution in [0.3, 0.4) is 0 Å². The number of benzene rings is 2. The second-order valence-corrected chi connectivity index (χ2v) is 7.01. The van der Waals surface area contributed by atoms with Crippen molar-refractivity contribution in [3.63, 3.8) is 0 Å². The summed E-state index contributed by atoms with van der Waals surface area (Å²) in [4.78, 5) is 2.59. The highest BCUT2D eigenvalue weighted by Crippen LogP contribution is 2.27. The lowest BCUT2D eigenvalue weighted by atomic mass is 9.95. The molecule has 25 heavy (non-hydrogen) atoms. The normalized spacial score (nSPS) is 19.5. The summed E-state index contributed by atoms with van der Waals surface area (Å²) >= 11 is 0. The number of ether oxygens (including phenoxy) is 1. The van der Waals surface area contributed by atoms with Crippen LogP contribution in [0.5, 0.6) is 5.75 Å². The zero-order chi connectivity index (χ0) is 17.5. The quantitative estimate of drug-likeness (QED) is 0.732. The molecule has 0 spiro atoms. The van der Waals surface area contributed by atoms with E-state index in [0.29, 0.717) is 6.04 Å². The summed E-state index contributed by atoms with van der Waals surface area (Å²) in [5.41, 5.74) is 8.00. The van der Waals surface area contributed by atoms with Crippen molar-refractivity contribution in [1.82, 2.24) is 4.90 Å². The van der Waals surface area contributed by atoms with Crippen molar-refractivity contribution in [3.05, 3.63) is 60.2 Å². The third kappa shape index (κ3) is 4.99. The number of likely N-dealkylation sites (tertiary alicyclic amines) is 1. The summed E-state index contributed by atoms with van der Waals surface area (Å²) in [6.45, 7) is 3.35. The van der Waals surface area contributed by atoms with E-state index in [2.05, 4.69) is 42.2 Å². The van der Waals surface area contributed by atoms with Crippen molar-refractivity contribution in [3.8, 4) is 5.75 Å². The number of nitrogens with zero attached hydrogens (tertiary/aromatic N) is 1. The maximum atomic E-state index is 6.39. The molecule has 1 fully saturated rings. The van der Waals surface area contributed by atoms with Gasteiger partial charge in [0.1, 0.15) is 5.75 Å². The van der Waals surface area contributed by atoms with E-state index in [0.717, 1.165) is 37.2 Å². The SMILES string of the molecule is CCCC(Oc1ccc(N)cc1)N1CCCCC1Cc1ccccc1. The molecule has 3 rings (SSSR count). The predicted molar refractivity (Wildman–Crippen MR) is 105 cm³/mol. The Morgan fingerprint density at radius 3 is 2.56 bits per heavy atom. The second kappa shape index (κ2) is 8.91. The fraction of sp³-hybridized carbons (Fsp3) is 0.455. The molecule has 0 radical (unpaired) electrons. The van der Waals surface area contributed by atoms with Gasteiger partial charge in [0.15, 0.2) is 6.23 Å². The number of anilines is 1. The molecular weight excluding hydrogens is 308 g/mol. The minimum absolute atomic E-state index is 0.141. The maximum absolute atomic E-state index is 6.39. The summed E-state index contributed by atoms with van der Waals surface area (Å²) in [6.07, 6.45) is 7.24. The highest BCUT2D eigenvalue weighted by atomic mass is 16.5. The summed E-state index contributed by atoms with van der Waals surface area (Å²) in [5.74, 6) is 0.914. The van der Waals surface area contributed by atoms with Crippen LogP contribution in [-0.2, 0) is 6.42 Å². The van der Waals surface area contributed by atoms with Crippen LogP contribution in [0.25, 0.3) is 0 Å². The lowest BCUT2D eigenvalue weighted by molar-refractivity contribution is -0.0280. The van der Waals surface area contributed by atoms with Gasteiger partial charge in [-0.15, -0.1) is 0 Å². The molecule has 0 aromatic heterocycles. The number of rotatable bonds is 7. The van der Waals surface area contributed by atoms with Gasteiger partial charge in [0.25, 0.3) is 0 Å². The van der Waals surface area contributed by atoms with E-state index >= 15 is 0 Å². The van der Waals surface area contributed by atoms with E-state index in [1.165, 1.54) is 24.8 Å². The molecule has 0 aliphatic carbocycles. The Hall–Kier alpha value is -2.00. The third-order valence-corrected chi connectivity index (χ3v) is 5.04. The first kappa shape index (κ1) is 17.8. The van der Waals surface area contributed by atoms with Gasteiger partial charge in [-0.2, -0.15) is 0 Å². The third-order valence-electron chi connectivity index (χ3n) is 5.04. The fourth-order valence-corrected chi connectivity index (χ4v) is 3.75. The van der Waals surface area contributed by atoms with Crippen LogP contribution in [0.2, 0.25) is 0 Å². The first-order chi connectivity index (χ1) is 12.3. The topological polar surface area (TPSA) is 38.5 Å². The van der Waals surface area contributed by atoms with Crippen molar-refractivity contribution < 1.29 is 4.74 Å². The standard InChI is InChI=1S/C22H30N2O/c1-2-8-22(25-21-14-12-19(23)13-15-21)24-16-7-6-11-20(24)17-18-9-4-3-5-10-18/h3-5,9-10,12-15,20,22H,2,6-8,11,16-17,23H2,1H3. The Morgan fingerprint density at radius 1 is 1.08 bits per heavy atom. The van der Waals surface area contributed by atoms with Gasteiger partial charge < -0.3 is 10.5 Å². The smallest absolute Gasteiger partial charge is 0.152 e. The average molecular weight is 338 g/mol. The molecule has 1 aliphatic heterocycles. The predicted octanol–water partition coefficient (Wildman–Crippen LogP) is 4.87. The summed E-state index contributed by atoms with van der Waals surface area (Å²) in [7, 11) is 0. The summed E-state index contributed by atoms with van der Waals surface area (Å²) < 4.78 is 6.39. The number of nitrogen functional groups attached to an aromatic ring is 1. The Kier molecular flexibility index (Phi) is 6.35. The van der Waals surface area contributed by atoms with Crippen LogP contribution >= 0.6 is 0 Å². The van der Waals surface area contributed by atoms with Gasteiger partial charge in [-0.1, -0.05) is 50.1 Å². The Labute approximate surface area is 151 Å². The van der Waals surface area contributed by atoms with Crippen molar-refractivity contribution in [1.29, 1.82) is 0 Å². The lowest BCUT2D eigenvalue weighted by Gasteiger charge is -2.41. The van der Waals surface area contributed by atoms with Crippen molar-refractivity contribution >= 4 is 5.69 Å². The zero-order valence-corrected chi connectivity index (χ0v) is 15.2. The van der Waals surface area contributed by atoms with Gasteiger partial charge in [0.2, 0.25) is 0 Å². The molecule has 0 amide bonds. The highest BCUT2D eigenvalue weighted by Gasteiger charge is 2.29. The van der Waals surface area contributed by atoms with Crippen LogP contribution in [0.4, 0.5) is 5.69 Å². The minimum Gasteiger partial charge on any atom is -0.475 e. The van der Waals surface area contributed by atoms with Crippen LogP contribution < -0.4 is 10.5 Å². The van der Waals surface area contributed by atoms with E-state index in [-0.39, 0.29) is 6.23 Å². The molecule has 3 nitrogen and oxygen atoms in total. The highest BCUT2D eigenvalue weighted by molar-refractivity contribution is 5.41. The molecule has 2 atom stereocenters. The first-order valence-corrected chi connectivity index (χ1v) is 9.58. The largest absolute Gasteiger partial charge is 0.475 e. The molecule has 3 heteroatoms. The molecule has 0 bridgehead atoms. The van der Waals surface area contributed by atoms with Gasteiger partial charge in [-0.25, -0.2) is 0 Å². The minimum atomic E-state index is 0.141. The number of hydrogen-bond acceptors (Lipinski definition) is 3. The van der Waals surface area contributed by atoms with E-state index in [1.54, 1.807) is 0 Å². The van der Waals surface area contributed by atoms with Gasteiger partial charge in [0, 0.05) is 18.3 Å². The van der Waals surface area contributed by atoms with E-state index in [4.69, 9.17) is 10.5 Å². The molecule has 1 heterocycles. The van der Waals surface area contributed by atoms with Crippen LogP contribution in [-0.4, -0.2) is 23.7 Å². The Bertz CT molecular complexity index is 626. The van der Waals surface area contributed by atoms with Crippen LogP contribution in [0.1, 0.15) is 44.6 Å². The average Bonchev–Trinajstić information content (AvgIpc) is 2.64. The van der Waals surface area contributed by atoms with Gasteiger partial charge in [0.05, 0.1) is 0 Å². The van der Waals surface area contributed by atoms with E-state index in [9.17, 15) is 0 Å². The lowest BCUT2D eigenvalue weighted by Crippen LogP contribution is -2.49. The maximum Gasteiger partial charge on any atom is 0.152 e. The molecule has 1 saturated heterocycles. The summed E-state index contributed by atoms with van der Waals surface area (Å²) in [5, 5.41) is 0. The van der Waals surface area contributed by atoms with Crippen molar-refractivity contribution in [2.24, 2.45) is 0 Å². The number of piperidine rings is 1. The molecule has 2 aromatic rings. The Morgan fingerprint density at radius 2 is 1.84 bits per heavy atom. The van der Waals surface area contributed by atoms with Gasteiger partial charge in [-0.05, 0) is 55.5 Å². The van der Waals surface area contributed by atoms with Gasteiger partial charge in [-0.3, -0.25) is 4.90 Å². The van der Waals surface area contributed by atoms with Crippen molar-refractivity contribution in [2.75, 3.05) is 12.3 Å². The fourth-order valence-electron chi connectivity index (χ4n) is 3.75. The van der Waals surface area contributed by atoms with Crippen LogP contribution in [0.15, 0.2) is 54.6 Å². The molecule has 2 aromatic carbocycles. The summed E-state index contributed by atoms with van der Waals surface area (Å²) in [6, 6.07) is 19.2. The molecule has 1 aliphatic rings. The van der Waals surface area contributed by atoms with Crippen LogP contribution in [0, 0.1) is 0 Å². The first-order valence-electron chi connectivity index (χ1n) is 9.58. The van der Waals surface area contributed by atoms with E-state index < -0.39 is 0 Å². The number of nitrogens with two attached hydrogens (primary N) is 1. The molecule has 2 N–H and O–H groups in total. The number of hydrogen-bond donors (Lipinski definition) is 1. The van der Waals surface area contributed by atoms with Crippen molar-refractivity contribution in [2.45, 2.75) is 57.7 Å². The monoisotopic (exact) mass is 338 g/mol. The van der Waals surface area contributed by atoms with Gasteiger partial charge >= 0.3 is 0 Å².